The highest BCUT2D eigenvalue weighted by Crippen LogP contribution is 2.18. The van der Waals surface area contributed by atoms with Gasteiger partial charge < -0.3 is 10.6 Å². The van der Waals surface area contributed by atoms with Crippen molar-refractivity contribution in [2.45, 2.75) is 18.9 Å². The van der Waals surface area contributed by atoms with Gasteiger partial charge in [0, 0.05) is 35.4 Å². The minimum Gasteiger partial charge on any atom is -0.387 e. The smallest absolute Gasteiger partial charge is 0.0549 e. The molecule has 1 aromatic heterocycles. The van der Waals surface area contributed by atoms with Crippen LogP contribution in [-0.4, -0.2) is 33.8 Å². The van der Waals surface area contributed by atoms with Crippen LogP contribution in [0.1, 0.15) is 12.8 Å². The van der Waals surface area contributed by atoms with Crippen LogP contribution in [0.3, 0.4) is 0 Å². The summed E-state index contributed by atoms with van der Waals surface area (Å²) in [6.07, 6.45) is 5.58. The lowest BCUT2D eigenvalue weighted by atomic mass is 10.1. The van der Waals surface area contributed by atoms with Crippen LogP contribution in [0.5, 0.6) is 0 Å². The van der Waals surface area contributed by atoms with E-state index in [1.54, 1.807) is 6.20 Å². The number of hydrogen-bond donors (Lipinski definition) is 2. The number of anilines is 2. The summed E-state index contributed by atoms with van der Waals surface area (Å²) in [4.78, 5) is 4.15. The van der Waals surface area contributed by atoms with E-state index in [1.807, 2.05) is 19.3 Å². The molecule has 4 nitrogen and oxygen atoms in total. The summed E-state index contributed by atoms with van der Waals surface area (Å²) < 4.78 is 11.2. The van der Waals surface area contributed by atoms with Crippen molar-refractivity contribution in [3.63, 3.8) is 0 Å². The number of aromatic nitrogens is 1. The lowest BCUT2D eigenvalue weighted by Gasteiger charge is -2.23. The summed E-state index contributed by atoms with van der Waals surface area (Å²) in [6.45, 7) is 0. The largest absolute Gasteiger partial charge is 0.387 e. The lowest BCUT2D eigenvalue weighted by molar-refractivity contribution is 0.624. The highest BCUT2D eigenvalue weighted by Gasteiger charge is 2.17. The first-order valence-corrected chi connectivity index (χ1v) is 7.01. The van der Waals surface area contributed by atoms with Crippen molar-refractivity contribution in [2.24, 2.45) is 0 Å². The van der Waals surface area contributed by atoms with Gasteiger partial charge in [-0.2, -0.15) is 0 Å². The van der Waals surface area contributed by atoms with Gasteiger partial charge in [0.05, 0.1) is 23.8 Å². The molecule has 1 aromatic rings. The van der Waals surface area contributed by atoms with E-state index >= 15 is 0 Å². The predicted octanol–water partition coefficient (Wildman–Crippen LogP) is 1.45. The van der Waals surface area contributed by atoms with Crippen LogP contribution in [0.25, 0.3) is 0 Å². The second-order valence-electron chi connectivity index (χ2n) is 3.98. The van der Waals surface area contributed by atoms with E-state index in [-0.39, 0.29) is 0 Å². The molecule has 0 bridgehead atoms. The van der Waals surface area contributed by atoms with Crippen molar-refractivity contribution < 1.29 is 4.21 Å². The Morgan fingerprint density at radius 3 is 2.69 bits per heavy atom. The second-order valence-corrected chi connectivity index (χ2v) is 5.68. The van der Waals surface area contributed by atoms with Crippen LogP contribution < -0.4 is 10.6 Å². The molecule has 88 valence electrons. The third kappa shape index (κ3) is 2.95. The van der Waals surface area contributed by atoms with Gasteiger partial charge in [0.1, 0.15) is 0 Å². The molecule has 0 radical (unpaired) electrons. The van der Waals surface area contributed by atoms with Gasteiger partial charge in [0.25, 0.3) is 0 Å². The van der Waals surface area contributed by atoms with Gasteiger partial charge in [-0.1, -0.05) is 0 Å². The summed E-state index contributed by atoms with van der Waals surface area (Å²) >= 11 is 0. The zero-order chi connectivity index (χ0) is 11.4. The maximum atomic E-state index is 11.2. The molecular weight excluding hydrogens is 222 g/mol. The van der Waals surface area contributed by atoms with Crippen molar-refractivity contribution in [3.05, 3.63) is 18.5 Å². The van der Waals surface area contributed by atoms with Crippen molar-refractivity contribution in [3.8, 4) is 0 Å². The average Bonchev–Trinajstić information content (AvgIpc) is 2.32. The Hall–Kier alpha value is -1.10. The first kappa shape index (κ1) is 11.4. The van der Waals surface area contributed by atoms with Gasteiger partial charge in [0.2, 0.25) is 0 Å². The molecule has 2 heterocycles. The van der Waals surface area contributed by atoms with E-state index in [1.165, 1.54) is 0 Å². The van der Waals surface area contributed by atoms with E-state index in [0.29, 0.717) is 6.04 Å². The summed E-state index contributed by atoms with van der Waals surface area (Å²) in [5.41, 5.74) is 2.04. The zero-order valence-corrected chi connectivity index (χ0v) is 10.2. The van der Waals surface area contributed by atoms with Gasteiger partial charge in [-0.3, -0.25) is 9.19 Å². The first-order valence-electron chi connectivity index (χ1n) is 5.52. The number of hydrogen-bond acceptors (Lipinski definition) is 4. The van der Waals surface area contributed by atoms with Gasteiger partial charge in [0.15, 0.2) is 0 Å². The van der Waals surface area contributed by atoms with E-state index < -0.39 is 10.8 Å². The van der Waals surface area contributed by atoms with Crippen LogP contribution in [0.4, 0.5) is 11.4 Å². The Kier molecular flexibility index (Phi) is 3.77. The minimum absolute atomic E-state index is 0.437. The molecular formula is C11H17N3OS. The maximum absolute atomic E-state index is 11.2. The highest BCUT2D eigenvalue weighted by atomic mass is 32.2. The summed E-state index contributed by atoms with van der Waals surface area (Å²) in [7, 11) is 1.29. The molecule has 0 saturated carbocycles. The molecule has 16 heavy (non-hydrogen) atoms. The normalized spacial score (nSPS) is 25.1. The maximum Gasteiger partial charge on any atom is 0.0549 e. The van der Waals surface area contributed by atoms with Crippen LogP contribution >= 0.6 is 0 Å². The first-order chi connectivity index (χ1) is 7.78. The van der Waals surface area contributed by atoms with E-state index in [2.05, 4.69) is 15.6 Å². The van der Waals surface area contributed by atoms with Gasteiger partial charge >= 0.3 is 0 Å². The second kappa shape index (κ2) is 5.30. The molecule has 5 heteroatoms. The van der Waals surface area contributed by atoms with E-state index in [4.69, 9.17) is 0 Å². The fourth-order valence-electron chi connectivity index (χ4n) is 1.83. The van der Waals surface area contributed by atoms with Crippen molar-refractivity contribution in [2.75, 3.05) is 29.2 Å². The topological polar surface area (TPSA) is 54.0 Å². The van der Waals surface area contributed by atoms with Gasteiger partial charge in [-0.25, -0.2) is 0 Å². The monoisotopic (exact) mass is 239 g/mol. The average molecular weight is 239 g/mol. The predicted molar refractivity (Wildman–Crippen MR) is 68.3 cm³/mol. The number of nitrogens with zero attached hydrogens (tertiary/aromatic N) is 1. The molecule has 0 aliphatic carbocycles. The summed E-state index contributed by atoms with van der Waals surface area (Å²) in [6, 6.07) is 2.48. The number of nitrogens with one attached hydrogen (secondary N) is 2. The van der Waals surface area contributed by atoms with Crippen molar-refractivity contribution in [1.82, 2.24) is 4.98 Å². The molecule has 1 saturated heterocycles. The highest BCUT2D eigenvalue weighted by molar-refractivity contribution is 7.85. The molecule has 0 atom stereocenters. The molecule has 0 unspecified atom stereocenters. The number of rotatable bonds is 3. The zero-order valence-electron chi connectivity index (χ0n) is 9.40. The van der Waals surface area contributed by atoms with Crippen molar-refractivity contribution in [1.29, 1.82) is 0 Å². The van der Waals surface area contributed by atoms with Crippen LogP contribution in [0.2, 0.25) is 0 Å². The Bertz CT molecular complexity index is 373. The van der Waals surface area contributed by atoms with E-state index in [0.717, 1.165) is 35.7 Å². The standard InChI is InChI=1S/C11H17N3OS/c1-12-10-6-11(8-13-7-10)14-9-2-4-16(15)5-3-9/h6-9,12,14H,2-5H2,1H3. The fourth-order valence-corrected chi connectivity index (χ4v) is 3.13. The molecule has 0 amide bonds. The third-order valence-electron chi connectivity index (χ3n) is 2.79. The van der Waals surface area contributed by atoms with Gasteiger partial charge in [-0.05, 0) is 18.9 Å². The van der Waals surface area contributed by atoms with Crippen LogP contribution in [0, 0.1) is 0 Å². The van der Waals surface area contributed by atoms with Crippen LogP contribution in [0.15, 0.2) is 18.5 Å². The summed E-state index contributed by atoms with van der Waals surface area (Å²) in [5, 5.41) is 6.50. The van der Waals surface area contributed by atoms with Crippen molar-refractivity contribution >= 4 is 22.2 Å². The third-order valence-corrected chi connectivity index (χ3v) is 4.17. The quantitative estimate of drug-likeness (QED) is 0.838. The Morgan fingerprint density at radius 1 is 1.31 bits per heavy atom. The Morgan fingerprint density at radius 2 is 2.00 bits per heavy atom. The Labute approximate surface area is 98.3 Å². The fraction of sp³-hybridized carbons (Fsp3) is 0.545. The van der Waals surface area contributed by atoms with E-state index in [9.17, 15) is 4.21 Å². The minimum atomic E-state index is -0.593. The SMILES string of the molecule is CNc1cncc(NC2CCS(=O)CC2)c1. The Balaban J connectivity index is 1.95. The lowest BCUT2D eigenvalue weighted by Crippen LogP contribution is -2.29. The number of pyridine rings is 1. The molecule has 1 fully saturated rings. The van der Waals surface area contributed by atoms with Crippen LogP contribution in [-0.2, 0) is 10.8 Å². The van der Waals surface area contributed by atoms with Gasteiger partial charge in [-0.15, -0.1) is 0 Å². The molecule has 1 aliphatic heterocycles. The summed E-state index contributed by atoms with van der Waals surface area (Å²) in [5.74, 6) is 1.63. The molecule has 2 rings (SSSR count). The molecule has 0 aromatic carbocycles. The molecule has 1 aliphatic rings. The molecule has 2 N–H and O–H groups in total. The molecule has 0 spiro atoms.